The number of rotatable bonds is 3. The number of aromatic nitrogens is 2. The van der Waals surface area contributed by atoms with E-state index in [1.165, 1.54) is 24.5 Å². The standard InChI is InChI=1S/C22H22F3N5O2/c23-22(24,25)18-10-17(3-2-15(18)11-26)29-8-4-21(5-9-29)14-30(12-16(21)13-31)20(32)19-27-6-1-7-28-19/h1-3,6-7,10,16,31H,4-5,8-9,12-14H2. The number of alkyl halides is 3. The summed E-state index contributed by atoms with van der Waals surface area (Å²) in [5.41, 5.74) is -1.24. The van der Waals surface area contributed by atoms with Gasteiger partial charge >= 0.3 is 6.18 Å². The molecule has 168 valence electrons. The van der Waals surface area contributed by atoms with Gasteiger partial charge in [-0.05, 0) is 42.5 Å². The average Bonchev–Trinajstić information content (AvgIpc) is 3.16. The van der Waals surface area contributed by atoms with E-state index in [-0.39, 0.29) is 29.7 Å². The number of aliphatic hydroxyl groups is 1. The van der Waals surface area contributed by atoms with Gasteiger partial charge in [0.2, 0.25) is 5.82 Å². The molecule has 1 unspecified atom stereocenters. The van der Waals surface area contributed by atoms with Crippen LogP contribution in [0.15, 0.2) is 36.7 Å². The van der Waals surface area contributed by atoms with Gasteiger partial charge in [-0.25, -0.2) is 9.97 Å². The van der Waals surface area contributed by atoms with Crippen molar-refractivity contribution in [2.75, 3.05) is 37.7 Å². The molecule has 0 radical (unpaired) electrons. The normalized spacial score (nSPS) is 20.4. The van der Waals surface area contributed by atoms with Crippen LogP contribution in [0.4, 0.5) is 18.9 Å². The van der Waals surface area contributed by atoms with Crippen molar-refractivity contribution in [2.24, 2.45) is 11.3 Å². The number of halogens is 3. The van der Waals surface area contributed by atoms with E-state index in [4.69, 9.17) is 5.26 Å². The average molecular weight is 445 g/mol. The van der Waals surface area contributed by atoms with Crippen molar-refractivity contribution >= 4 is 11.6 Å². The fourth-order valence-corrected chi connectivity index (χ4v) is 4.83. The number of hydrogen-bond acceptors (Lipinski definition) is 6. The summed E-state index contributed by atoms with van der Waals surface area (Å²) >= 11 is 0. The van der Waals surface area contributed by atoms with Crippen molar-refractivity contribution in [2.45, 2.75) is 19.0 Å². The largest absolute Gasteiger partial charge is 0.417 e. The minimum Gasteiger partial charge on any atom is -0.396 e. The van der Waals surface area contributed by atoms with Gasteiger partial charge in [-0.1, -0.05) is 0 Å². The van der Waals surface area contributed by atoms with Gasteiger partial charge in [-0.2, -0.15) is 18.4 Å². The molecule has 2 aliphatic rings. The smallest absolute Gasteiger partial charge is 0.396 e. The van der Waals surface area contributed by atoms with Crippen molar-refractivity contribution in [3.63, 3.8) is 0 Å². The molecular formula is C22H22F3N5O2. The van der Waals surface area contributed by atoms with Gasteiger partial charge in [0.05, 0.1) is 17.2 Å². The third kappa shape index (κ3) is 4.00. The lowest BCUT2D eigenvalue weighted by atomic mass is 9.71. The highest BCUT2D eigenvalue weighted by atomic mass is 19.4. The van der Waals surface area contributed by atoms with Crippen molar-refractivity contribution in [1.29, 1.82) is 5.26 Å². The number of benzene rings is 1. The van der Waals surface area contributed by atoms with Crippen LogP contribution in [0, 0.1) is 22.7 Å². The van der Waals surface area contributed by atoms with Crippen LogP contribution in [-0.2, 0) is 6.18 Å². The van der Waals surface area contributed by atoms with Gasteiger partial charge in [0.25, 0.3) is 5.91 Å². The lowest BCUT2D eigenvalue weighted by molar-refractivity contribution is -0.137. The minimum absolute atomic E-state index is 0.0749. The summed E-state index contributed by atoms with van der Waals surface area (Å²) in [6.07, 6.45) is -0.356. The lowest BCUT2D eigenvalue weighted by Gasteiger charge is -2.43. The highest BCUT2D eigenvalue weighted by molar-refractivity contribution is 5.90. The third-order valence-corrected chi connectivity index (χ3v) is 6.63. The van der Waals surface area contributed by atoms with E-state index in [1.807, 2.05) is 4.90 Å². The number of carbonyl (C=O) groups is 1. The molecule has 1 aromatic heterocycles. The Balaban J connectivity index is 1.50. The quantitative estimate of drug-likeness (QED) is 0.781. The van der Waals surface area contributed by atoms with E-state index < -0.39 is 17.3 Å². The Hall–Kier alpha value is -3.19. The van der Waals surface area contributed by atoms with Crippen LogP contribution in [0.1, 0.15) is 34.6 Å². The van der Waals surface area contributed by atoms with Crippen LogP contribution in [0.2, 0.25) is 0 Å². The molecule has 1 aromatic carbocycles. The fraction of sp³-hybridized carbons (Fsp3) is 0.455. The zero-order valence-corrected chi connectivity index (χ0v) is 17.2. The first-order valence-corrected chi connectivity index (χ1v) is 10.3. The number of aliphatic hydroxyl groups excluding tert-OH is 1. The predicted molar refractivity (Wildman–Crippen MR) is 109 cm³/mol. The maximum absolute atomic E-state index is 13.3. The second kappa shape index (κ2) is 8.39. The van der Waals surface area contributed by atoms with Crippen LogP contribution in [0.3, 0.4) is 0 Å². The van der Waals surface area contributed by atoms with Gasteiger partial charge in [-0.15, -0.1) is 0 Å². The van der Waals surface area contributed by atoms with Crippen LogP contribution in [-0.4, -0.2) is 58.7 Å². The van der Waals surface area contributed by atoms with E-state index in [9.17, 15) is 23.1 Å². The molecule has 7 nitrogen and oxygen atoms in total. The third-order valence-electron chi connectivity index (χ3n) is 6.63. The molecule has 1 N–H and O–H groups in total. The number of anilines is 1. The maximum Gasteiger partial charge on any atom is 0.417 e. The Morgan fingerprint density at radius 1 is 1.25 bits per heavy atom. The molecule has 2 aliphatic heterocycles. The molecule has 1 atom stereocenters. The van der Waals surface area contributed by atoms with Gasteiger partial charge < -0.3 is 14.9 Å². The summed E-state index contributed by atoms with van der Waals surface area (Å²) in [4.78, 5) is 24.3. The summed E-state index contributed by atoms with van der Waals surface area (Å²) in [5.74, 6) is -0.301. The number of piperidine rings is 1. The summed E-state index contributed by atoms with van der Waals surface area (Å²) in [7, 11) is 0. The zero-order valence-electron chi connectivity index (χ0n) is 17.2. The molecule has 10 heteroatoms. The number of nitriles is 1. The first kappa shape index (κ1) is 22.0. The molecule has 2 saturated heterocycles. The predicted octanol–water partition coefficient (Wildman–Crippen LogP) is 2.72. The molecule has 1 amide bonds. The van der Waals surface area contributed by atoms with Crippen LogP contribution < -0.4 is 4.90 Å². The molecule has 32 heavy (non-hydrogen) atoms. The zero-order chi connectivity index (χ0) is 22.9. The summed E-state index contributed by atoms with van der Waals surface area (Å²) < 4.78 is 40.0. The molecule has 1 spiro atoms. The molecule has 3 heterocycles. The Kier molecular flexibility index (Phi) is 5.77. The van der Waals surface area contributed by atoms with Gasteiger partial charge in [0.15, 0.2) is 0 Å². The first-order valence-electron chi connectivity index (χ1n) is 10.3. The van der Waals surface area contributed by atoms with E-state index in [0.29, 0.717) is 44.7 Å². The number of amides is 1. The van der Waals surface area contributed by atoms with Gasteiger partial charge in [0, 0.05) is 56.8 Å². The van der Waals surface area contributed by atoms with Crippen LogP contribution >= 0.6 is 0 Å². The Morgan fingerprint density at radius 3 is 2.53 bits per heavy atom. The first-order chi connectivity index (χ1) is 15.3. The second-order valence-electron chi connectivity index (χ2n) is 8.33. The highest BCUT2D eigenvalue weighted by Gasteiger charge is 2.49. The van der Waals surface area contributed by atoms with Crippen molar-refractivity contribution < 1.29 is 23.1 Å². The fourth-order valence-electron chi connectivity index (χ4n) is 4.83. The molecule has 0 saturated carbocycles. The summed E-state index contributed by atoms with van der Waals surface area (Å²) in [6.45, 7) is 1.74. The van der Waals surface area contributed by atoms with E-state index in [1.54, 1.807) is 17.0 Å². The summed E-state index contributed by atoms with van der Waals surface area (Å²) in [6, 6.07) is 6.99. The van der Waals surface area contributed by atoms with Gasteiger partial charge in [0.1, 0.15) is 0 Å². The lowest BCUT2D eigenvalue weighted by Crippen LogP contribution is -2.45. The van der Waals surface area contributed by atoms with Crippen LogP contribution in [0.25, 0.3) is 0 Å². The van der Waals surface area contributed by atoms with Crippen molar-refractivity contribution in [3.05, 3.63) is 53.6 Å². The maximum atomic E-state index is 13.3. The topological polar surface area (TPSA) is 93.4 Å². The van der Waals surface area contributed by atoms with E-state index in [0.717, 1.165) is 6.07 Å². The Morgan fingerprint density at radius 2 is 1.94 bits per heavy atom. The van der Waals surface area contributed by atoms with Crippen molar-refractivity contribution in [1.82, 2.24) is 14.9 Å². The molecule has 4 rings (SSSR count). The van der Waals surface area contributed by atoms with E-state index >= 15 is 0 Å². The SMILES string of the molecule is N#Cc1ccc(N2CCC3(CC2)CN(C(=O)c2ncccn2)CC3CO)cc1C(F)(F)F. The highest BCUT2D eigenvalue weighted by Crippen LogP contribution is 2.46. The molecule has 0 aliphatic carbocycles. The molecule has 2 aromatic rings. The number of carbonyl (C=O) groups excluding carboxylic acids is 1. The van der Waals surface area contributed by atoms with Crippen LogP contribution in [0.5, 0.6) is 0 Å². The molecule has 0 bridgehead atoms. The van der Waals surface area contributed by atoms with E-state index in [2.05, 4.69) is 9.97 Å². The second-order valence-corrected chi connectivity index (χ2v) is 8.33. The molecular weight excluding hydrogens is 423 g/mol. The number of nitrogens with zero attached hydrogens (tertiary/aromatic N) is 5. The van der Waals surface area contributed by atoms with Gasteiger partial charge in [-0.3, -0.25) is 4.79 Å². The Bertz CT molecular complexity index is 1030. The monoisotopic (exact) mass is 445 g/mol. The number of likely N-dealkylation sites (tertiary alicyclic amines) is 1. The minimum atomic E-state index is -4.61. The molecule has 2 fully saturated rings. The Labute approximate surface area is 183 Å². The number of hydrogen-bond donors (Lipinski definition) is 1. The summed E-state index contributed by atoms with van der Waals surface area (Å²) in [5, 5.41) is 19.0. The van der Waals surface area contributed by atoms with Crippen molar-refractivity contribution in [3.8, 4) is 6.07 Å².